The van der Waals surface area contributed by atoms with Crippen molar-refractivity contribution >= 4 is 40.7 Å². The van der Waals surface area contributed by atoms with Gasteiger partial charge in [-0.15, -0.1) is 11.6 Å². The summed E-state index contributed by atoms with van der Waals surface area (Å²) in [6, 6.07) is 5.23. The number of halogens is 3. The molecule has 5 heteroatoms. The first-order chi connectivity index (χ1) is 9.06. The summed E-state index contributed by atoms with van der Waals surface area (Å²) < 4.78 is 0. The topological polar surface area (TPSA) is 29.1 Å². The van der Waals surface area contributed by atoms with Crippen LogP contribution in [0.3, 0.4) is 0 Å². The molecule has 0 bridgehead atoms. The van der Waals surface area contributed by atoms with Gasteiger partial charge >= 0.3 is 0 Å². The van der Waals surface area contributed by atoms with Crippen molar-refractivity contribution in [3.63, 3.8) is 0 Å². The van der Waals surface area contributed by atoms with Crippen LogP contribution in [0.1, 0.15) is 25.3 Å². The number of nitrogens with one attached hydrogen (secondary N) is 1. The fraction of sp³-hybridized carbons (Fsp3) is 0.500. The summed E-state index contributed by atoms with van der Waals surface area (Å²) >= 11 is 17.5. The summed E-state index contributed by atoms with van der Waals surface area (Å²) in [5, 5.41) is 3.90. The second-order valence-electron chi connectivity index (χ2n) is 4.48. The van der Waals surface area contributed by atoms with E-state index in [1.807, 2.05) is 6.07 Å². The van der Waals surface area contributed by atoms with Gasteiger partial charge in [-0.05, 0) is 30.0 Å². The van der Waals surface area contributed by atoms with Gasteiger partial charge in [-0.1, -0.05) is 42.6 Å². The van der Waals surface area contributed by atoms with Gasteiger partial charge in [0.25, 0.3) is 0 Å². The van der Waals surface area contributed by atoms with Crippen molar-refractivity contribution in [3.05, 3.63) is 33.8 Å². The van der Waals surface area contributed by atoms with E-state index in [1.54, 1.807) is 12.1 Å². The Balaban J connectivity index is 2.44. The van der Waals surface area contributed by atoms with Crippen LogP contribution in [-0.4, -0.2) is 18.3 Å². The zero-order chi connectivity index (χ0) is 14.3. The molecule has 2 nitrogen and oxygen atoms in total. The van der Waals surface area contributed by atoms with Gasteiger partial charge in [-0.25, -0.2) is 0 Å². The number of hydrogen-bond acceptors (Lipinski definition) is 1. The molecule has 0 spiro atoms. The maximum absolute atomic E-state index is 11.8. The molecule has 0 aliphatic carbocycles. The van der Waals surface area contributed by atoms with Crippen LogP contribution < -0.4 is 5.32 Å². The van der Waals surface area contributed by atoms with Gasteiger partial charge in [-0.2, -0.15) is 0 Å². The van der Waals surface area contributed by atoms with Crippen LogP contribution >= 0.6 is 34.8 Å². The summed E-state index contributed by atoms with van der Waals surface area (Å²) in [6.45, 7) is 2.77. The summed E-state index contributed by atoms with van der Waals surface area (Å²) in [7, 11) is 0. The Bertz CT molecular complexity index is 423. The highest BCUT2D eigenvalue weighted by molar-refractivity contribution is 6.42. The van der Waals surface area contributed by atoms with Gasteiger partial charge in [0.1, 0.15) is 0 Å². The third kappa shape index (κ3) is 6.03. The monoisotopic (exact) mass is 321 g/mol. The van der Waals surface area contributed by atoms with Crippen LogP contribution in [0.5, 0.6) is 0 Å². The molecule has 0 heterocycles. The maximum Gasteiger partial charge on any atom is 0.224 e. The Morgan fingerprint density at radius 3 is 2.63 bits per heavy atom. The number of carbonyl (C=O) groups is 1. The van der Waals surface area contributed by atoms with E-state index in [4.69, 9.17) is 34.8 Å². The molecule has 19 heavy (non-hydrogen) atoms. The Morgan fingerprint density at radius 1 is 1.32 bits per heavy atom. The number of carbonyl (C=O) groups excluding carboxylic acids is 1. The van der Waals surface area contributed by atoms with Crippen molar-refractivity contribution in [2.45, 2.75) is 26.2 Å². The van der Waals surface area contributed by atoms with E-state index in [2.05, 4.69) is 12.2 Å². The van der Waals surface area contributed by atoms with Crippen LogP contribution in [-0.2, 0) is 11.2 Å². The minimum Gasteiger partial charge on any atom is -0.356 e. The lowest BCUT2D eigenvalue weighted by molar-refractivity contribution is -0.120. The molecule has 1 rings (SSSR count). The van der Waals surface area contributed by atoms with Crippen molar-refractivity contribution in [2.75, 3.05) is 12.4 Å². The van der Waals surface area contributed by atoms with E-state index in [1.165, 1.54) is 0 Å². The van der Waals surface area contributed by atoms with Crippen molar-refractivity contribution in [3.8, 4) is 0 Å². The van der Waals surface area contributed by atoms with Crippen molar-refractivity contribution in [1.29, 1.82) is 0 Å². The lowest BCUT2D eigenvalue weighted by Crippen LogP contribution is -2.30. The molecule has 0 saturated carbocycles. The number of alkyl halides is 1. The number of benzene rings is 1. The first kappa shape index (κ1) is 16.6. The minimum absolute atomic E-state index is 0.00795. The highest BCUT2D eigenvalue weighted by Gasteiger charge is 2.09. The SMILES string of the molecule is CCC(CCCl)CNC(=O)Cc1ccc(Cl)c(Cl)c1. The van der Waals surface area contributed by atoms with Gasteiger partial charge in [-0.3, -0.25) is 4.79 Å². The molecule has 0 aliphatic rings. The van der Waals surface area contributed by atoms with Crippen LogP contribution in [0.4, 0.5) is 0 Å². The predicted octanol–water partition coefficient (Wildman–Crippen LogP) is 4.31. The molecular weight excluding hydrogens is 305 g/mol. The van der Waals surface area contributed by atoms with E-state index in [-0.39, 0.29) is 5.91 Å². The van der Waals surface area contributed by atoms with Crippen LogP contribution in [0.15, 0.2) is 18.2 Å². The second-order valence-corrected chi connectivity index (χ2v) is 5.67. The second kappa shape index (κ2) is 8.68. The predicted molar refractivity (Wildman–Crippen MR) is 82.3 cm³/mol. The highest BCUT2D eigenvalue weighted by Crippen LogP contribution is 2.22. The third-order valence-electron chi connectivity index (χ3n) is 3.03. The largest absolute Gasteiger partial charge is 0.356 e. The summed E-state index contributed by atoms with van der Waals surface area (Å²) in [5.41, 5.74) is 0.859. The molecule has 1 amide bonds. The molecule has 1 unspecified atom stereocenters. The van der Waals surface area contributed by atoms with Crippen LogP contribution in [0.2, 0.25) is 10.0 Å². The van der Waals surface area contributed by atoms with Gasteiger partial charge in [0.05, 0.1) is 16.5 Å². The molecule has 0 fully saturated rings. The third-order valence-corrected chi connectivity index (χ3v) is 3.99. The van der Waals surface area contributed by atoms with Crippen molar-refractivity contribution < 1.29 is 4.79 Å². The average molecular weight is 323 g/mol. The van der Waals surface area contributed by atoms with Gasteiger partial charge in [0, 0.05) is 12.4 Å². The van der Waals surface area contributed by atoms with Crippen LogP contribution in [0.25, 0.3) is 0 Å². The normalized spacial score (nSPS) is 12.2. The number of rotatable bonds is 7. The molecule has 1 aromatic carbocycles. The van der Waals surface area contributed by atoms with Crippen LogP contribution in [0, 0.1) is 5.92 Å². The molecule has 0 radical (unpaired) electrons. The molecule has 1 aromatic rings. The Labute approximate surface area is 129 Å². The molecule has 0 aliphatic heterocycles. The van der Waals surface area contributed by atoms with E-state index < -0.39 is 0 Å². The molecule has 0 aromatic heterocycles. The molecule has 106 valence electrons. The minimum atomic E-state index is -0.00795. The zero-order valence-electron chi connectivity index (χ0n) is 10.9. The quantitative estimate of drug-likeness (QED) is 0.745. The maximum atomic E-state index is 11.8. The smallest absolute Gasteiger partial charge is 0.224 e. The molecule has 1 atom stereocenters. The summed E-state index contributed by atoms with van der Waals surface area (Å²) in [5.74, 6) is 1.06. The first-order valence-electron chi connectivity index (χ1n) is 6.33. The first-order valence-corrected chi connectivity index (χ1v) is 7.62. The fourth-order valence-electron chi connectivity index (χ4n) is 1.76. The van der Waals surface area contributed by atoms with Crippen molar-refractivity contribution in [1.82, 2.24) is 5.32 Å². The molecule has 0 saturated heterocycles. The van der Waals surface area contributed by atoms with E-state index in [9.17, 15) is 4.79 Å². The van der Waals surface area contributed by atoms with E-state index in [0.29, 0.717) is 34.8 Å². The van der Waals surface area contributed by atoms with Gasteiger partial charge in [0.2, 0.25) is 5.91 Å². The highest BCUT2D eigenvalue weighted by atomic mass is 35.5. The average Bonchev–Trinajstić information content (AvgIpc) is 2.39. The number of amides is 1. The number of hydrogen-bond donors (Lipinski definition) is 1. The summed E-state index contributed by atoms with van der Waals surface area (Å²) in [6.07, 6.45) is 2.25. The lowest BCUT2D eigenvalue weighted by Gasteiger charge is -2.14. The summed E-state index contributed by atoms with van der Waals surface area (Å²) in [4.78, 5) is 11.8. The van der Waals surface area contributed by atoms with Gasteiger partial charge < -0.3 is 5.32 Å². The Kier molecular flexibility index (Phi) is 7.59. The lowest BCUT2D eigenvalue weighted by atomic mass is 10.0. The Hall–Kier alpha value is -0.440. The van der Waals surface area contributed by atoms with E-state index >= 15 is 0 Å². The van der Waals surface area contributed by atoms with E-state index in [0.717, 1.165) is 18.4 Å². The zero-order valence-corrected chi connectivity index (χ0v) is 13.2. The fourth-order valence-corrected chi connectivity index (χ4v) is 2.39. The van der Waals surface area contributed by atoms with Gasteiger partial charge in [0.15, 0.2) is 0 Å². The molecular formula is C14H18Cl3NO. The molecule has 1 N–H and O–H groups in total. The Morgan fingerprint density at radius 2 is 2.05 bits per heavy atom. The van der Waals surface area contributed by atoms with Crippen molar-refractivity contribution in [2.24, 2.45) is 5.92 Å². The standard InChI is InChI=1S/C14H18Cl3NO/c1-2-10(5-6-15)9-18-14(19)8-11-3-4-12(16)13(17)7-11/h3-4,7,10H,2,5-6,8-9H2,1H3,(H,18,19).